The highest BCUT2D eigenvalue weighted by Gasteiger charge is 2.12. The van der Waals surface area contributed by atoms with Gasteiger partial charge in [-0.15, -0.1) is 0 Å². The van der Waals surface area contributed by atoms with E-state index in [0.717, 1.165) is 42.1 Å². The molecular formula is C15H20N2O. The Morgan fingerprint density at radius 2 is 1.89 bits per heavy atom. The van der Waals surface area contributed by atoms with Gasteiger partial charge in [-0.05, 0) is 25.5 Å². The van der Waals surface area contributed by atoms with Gasteiger partial charge >= 0.3 is 0 Å². The van der Waals surface area contributed by atoms with Crippen molar-refractivity contribution in [3.05, 3.63) is 41.1 Å². The Kier molecular flexibility index (Phi) is 4.15. The van der Waals surface area contributed by atoms with Gasteiger partial charge in [0, 0.05) is 17.7 Å². The number of benzene rings is 1. The highest BCUT2D eigenvalue weighted by Crippen LogP contribution is 2.26. The lowest BCUT2D eigenvalue weighted by Gasteiger charge is -2.01. The molecular weight excluding hydrogens is 224 g/mol. The topological polar surface area (TPSA) is 38.1 Å². The lowest BCUT2D eigenvalue weighted by molar-refractivity contribution is 0.420. The van der Waals surface area contributed by atoms with E-state index in [4.69, 9.17) is 4.52 Å². The van der Waals surface area contributed by atoms with Crippen LogP contribution in [0.15, 0.2) is 28.8 Å². The molecule has 0 atom stereocenters. The van der Waals surface area contributed by atoms with Crippen molar-refractivity contribution in [2.24, 2.45) is 0 Å². The molecule has 0 aliphatic heterocycles. The SMILES string of the molecule is CCNCc1noc(-c2ccc(CC)cc2)c1C. The fraction of sp³-hybridized carbons (Fsp3) is 0.400. The van der Waals surface area contributed by atoms with Crippen LogP contribution in [0.1, 0.15) is 30.7 Å². The van der Waals surface area contributed by atoms with Crippen molar-refractivity contribution in [2.45, 2.75) is 33.7 Å². The maximum atomic E-state index is 5.46. The molecule has 96 valence electrons. The van der Waals surface area contributed by atoms with Crippen LogP contribution < -0.4 is 5.32 Å². The van der Waals surface area contributed by atoms with Gasteiger partial charge in [-0.25, -0.2) is 0 Å². The summed E-state index contributed by atoms with van der Waals surface area (Å²) in [5.74, 6) is 0.880. The Morgan fingerprint density at radius 1 is 1.17 bits per heavy atom. The van der Waals surface area contributed by atoms with Crippen molar-refractivity contribution in [1.29, 1.82) is 0 Å². The lowest BCUT2D eigenvalue weighted by atomic mass is 10.0. The van der Waals surface area contributed by atoms with Crippen molar-refractivity contribution in [1.82, 2.24) is 10.5 Å². The molecule has 0 unspecified atom stereocenters. The second-order valence-corrected chi connectivity index (χ2v) is 4.41. The van der Waals surface area contributed by atoms with E-state index in [0.29, 0.717) is 0 Å². The van der Waals surface area contributed by atoms with Gasteiger partial charge in [0.1, 0.15) is 5.69 Å². The predicted octanol–water partition coefficient (Wildman–Crippen LogP) is 3.32. The number of aryl methyl sites for hydroxylation is 1. The van der Waals surface area contributed by atoms with Crippen LogP contribution in [0.3, 0.4) is 0 Å². The molecule has 1 N–H and O–H groups in total. The Balaban J connectivity index is 2.24. The first kappa shape index (κ1) is 12.8. The molecule has 2 aromatic rings. The third-order valence-corrected chi connectivity index (χ3v) is 3.19. The first-order chi connectivity index (χ1) is 8.76. The molecule has 1 aromatic heterocycles. The molecule has 1 heterocycles. The summed E-state index contributed by atoms with van der Waals surface area (Å²) < 4.78 is 5.46. The van der Waals surface area contributed by atoms with E-state index in [9.17, 15) is 0 Å². The maximum absolute atomic E-state index is 5.46. The van der Waals surface area contributed by atoms with E-state index in [1.165, 1.54) is 5.56 Å². The Hall–Kier alpha value is -1.61. The van der Waals surface area contributed by atoms with Crippen molar-refractivity contribution in [2.75, 3.05) is 6.54 Å². The average molecular weight is 244 g/mol. The second-order valence-electron chi connectivity index (χ2n) is 4.41. The molecule has 2 rings (SSSR count). The summed E-state index contributed by atoms with van der Waals surface area (Å²) >= 11 is 0. The largest absolute Gasteiger partial charge is 0.356 e. The monoisotopic (exact) mass is 244 g/mol. The van der Waals surface area contributed by atoms with Gasteiger partial charge in [-0.1, -0.05) is 43.3 Å². The highest BCUT2D eigenvalue weighted by molar-refractivity contribution is 5.61. The minimum absolute atomic E-state index is 0.763. The fourth-order valence-electron chi connectivity index (χ4n) is 1.94. The molecule has 0 spiro atoms. The van der Waals surface area contributed by atoms with Crippen LogP contribution in [-0.4, -0.2) is 11.7 Å². The van der Waals surface area contributed by atoms with Gasteiger partial charge in [-0.3, -0.25) is 0 Å². The van der Waals surface area contributed by atoms with Crippen LogP contribution in [-0.2, 0) is 13.0 Å². The van der Waals surface area contributed by atoms with Crippen molar-refractivity contribution in [3.8, 4) is 11.3 Å². The molecule has 0 radical (unpaired) electrons. The summed E-state index contributed by atoms with van der Waals surface area (Å²) in [5.41, 5.74) is 4.55. The third-order valence-electron chi connectivity index (χ3n) is 3.19. The molecule has 0 saturated carbocycles. The van der Waals surface area contributed by atoms with E-state index in [-0.39, 0.29) is 0 Å². The smallest absolute Gasteiger partial charge is 0.170 e. The number of nitrogens with one attached hydrogen (secondary N) is 1. The van der Waals surface area contributed by atoms with Crippen LogP contribution in [0.2, 0.25) is 0 Å². The summed E-state index contributed by atoms with van der Waals surface area (Å²) in [6.45, 7) is 8.00. The summed E-state index contributed by atoms with van der Waals surface area (Å²) in [7, 11) is 0. The van der Waals surface area contributed by atoms with Crippen molar-refractivity contribution in [3.63, 3.8) is 0 Å². The Morgan fingerprint density at radius 3 is 2.50 bits per heavy atom. The Bertz CT molecular complexity index is 500. The molecule has 0 aliphatic rings. The lowest BCUT2D eigenvalue weighted by Crippen LogP contribution is -2.12. The molecule has 0 bridgehead atoms. The minimum Gasteiger partial charge on any atom is -0.356 e. The number of hydrogen-bond donors (Lipinski definition) is 1. The molecule has 18 heavy (non-hydrogen) atoms. The molecule has 3 nitrogen and oxygen atoms in total. The minimum atomic E-state index is 0.763. The molecule has 0 amide bonds. The van der Waals surface area contributed by atoms with Gasteiger partial charge in [-0.2, -0.15) is 0 Å². The van der Waals surface area contributed by atoms with Gasteiger partial charge in [0.25, 0.3) is 0 Å². The second kappa shape index (κ2) is 5.83. The zero-order valence-electron chi connectivity index (χ0n) is 11.3. The van der Waals surface area contributed by atoms with E-state index >= 15 is 0 Å². The van der Waals surface area contributed by atoms with E-state index in [2.05, 4.69) is 55.5 Å². The Labute approximate surface area is 108 Å². The van der Waals surface area contributed by atoms with E-state index in [1.54, 1.807) is 0 Å². The average Bonchev–Trinajstić information content (AvgIpc) is 2.78. The van der Waals surface area contributed by atoms with Gasteiger partial charge in [0.15, 0.2) is 5.76 Å². The summed E-state index contributed by atoms with van der Waals surface area (Å²) in [6.07, 6.45) is 1.06. The fourth-order valence-corrected chi connectivity index (χ4v) is 1.94. The number of aromatic nitrogens is 1. The molecule has 0 fully saturated rings. The van der Waals surface area contributed by atoms with Crippen LogP contribution in [0, 0.1) is 6.92 Å². The summed E-state index contributed by atoms with van der Waals surface area (Å²) in [5, 5.41) is 7.40. The summed E-state index contributed by atoms with van der Waals surface area (Å²) in [4.78, 5) is 0. The third kappa shape index (κ3) is 2.62. The van der Waals surface area contributed by atoms with E-state index < -0.39 is 0 Å². The normalized spacial score (nSPS) is 10.8. The number of hydrogen-bond acceptors (Lipinski definition) is 3. The molecule has 0 saturated heterocycles. The maximum Gasteiger partial charge on any atom is 0.170 e. The first-order valence-electron chi connectivity index (χ1n) is 6.51. The van der Waals surface area contributed by atoms with Crippen LogP contribution in [0.5, 0.6) is 0 Å². The number of nitrogens with zero attached hydrogens (tertiary/aromatic N) is 1. The highest BCUT2D eigenvalue weighted by atomic mass is 16.5. The van der Waals surface area contributed by atoms with Crippen LogP contribution in [0.4, 0.5) is 0 Å². The molecule has 3 heteroatoms. The summed E-state index contributed by atoms with van der Waals surface area (Å²) in [6, 6.07) is 8.48. The number of rotatable bonds is 5. The first-order valence-corrected chi connectivity index (χ1v) is 6.51. The zero-order valence-corrected chi connectivity index (χ0v) is 11.3. The quantitative estimate of drug-likeness (QED) is 0.876. The van der Waals surface area contributed by atoms with Crippen LogP contribution in [0.25, 0.3) is 11.3 Å². The van der Waals surface area contributed by atoms with Gasteiger partial charge < -0.3 is 9.84 Å². The molecule has 0 aliphatic carbocycles. The van der Waals surface area contributed by atoms with Crippen LogP contribution >= 0.6 is 0 Å². The zero-order chi connectivity index (χ0) is 13.0. The van der Waals surface area contributed by atoms with Gasteiger partial charge in [0.2, 0.25) is 0 Å². The van der Waals surface area contributed by atoms with E-state index in [1.807, 2.05) is 0 Å². The van der Waals surface area contributed by atoms with Crippen molar-refractivity contribution < 1.29 is 4.52 Å². The predicted molar refractivity (Wildman–Crippen MR) is 73.4 cm³/mol. The van der Waals surface area contributed by atoms with Gasteiger partial charge in [0.05, 0.1) is 0 Å². The van der Waals surface area contributed by atoms with Crippen molar-refractivity contribution >= 4 is 0 Å². The molecule has 1 aromatic carbocycles. The standard InChI is InChI=1S/C15H20N2O/c1-4-12-6-8-13(9-7-12)15-11(3)14(17-18-15)10-16-5-2/h6-9,16H,4-5,10H2,1-3H3.